The summed E-state index contributed by atoms with van der Waals surface area (Å²) in [6.07, 6.45) is 2.86. The third-order valence-electron chi connectivity index (χ3n) is 2.12. The van der Waals surface area contributed by atoms with Crippen molar-refractivity contribution in [1.82, 2.24) is 4.98 Å². The van der Waals surface area contributed by atoms with Gasteiger partial charge < -0.3 is 20.6 Å². The minimum atomic E-state index is -0.710. The van der Waals surface area contributed by atoms with E-state index in [9.17, 15) is 14.9 Å². The van der Waals surface area contributed by atoms with E-state index in [1.165, 1.54) is 0 Å². The molecule has 0 aliphatic heterocycles. The zero-order valence-corrected chi connectivity index (χ0v) is 8.25. The number of nitro groups is 1. The topological polar surface area (TPSA) is 108 Å². The van der Waals surface area contributed by atoms with Gasteiger partial charge in [-0.2, -0.15) is 0 Å². The number of hydrogen-bond donors (Lipinski definition) is 1. The molecule has 2 N–H and O–H groups in total. The predicted octanol–water partition coefficient (Wildman–Crippen LogP) is 0.630. The SMILES string of the molecule is NC(=O)c1cnc([N+](=O)[O-])cc1OC1CC1. The van der Waals surface area contributed by atoms with Gasteiger partial charge in [0.1, 0.15) is 11.3 Å². The lowest BCUT2D eigenvalue weighted by Gasteiger charge is -2.06. The van der Waals surface area contributed by atoms with Gasteiger partial charge in [-0.1, -0.05) is 0 Å². The Morgan fingerprint density at radius 1 is 1.62 bits per heavy atom. The highest BCUT2D eigenvalue weighted by Gasteiger charge is 2.27. The zero-order valence-electron chi connectivity index (χ0n) is 8.25. The van der Waals surface area contributed by atoms with Gasteiger partial charge in [0.05, 0.1) is 12.2 Å². The van der Waals surface area contributed by atoms with Gasteiger partial charge in [-0.3, -0.25) is 4.79 Å². The minimum Gasteiger partial charge on any atom is -0.489 e. The van der Waals surface area contributed by atoms with Crippen LogP contribution in [0.15, 0.2) is 12.3 Å². The summed E-state index contributed by atoms with van der Waals surface area (Å²) in [6, 6.07) is 1.12. The van der Waals surface area contributed by atoms with Crippen LogP contribution in [0.4, 0.5) is 5.82 Å². The molecule has 0 radical (unpaired) electrons. The van der Waals surface area contributed by atoms with E-state index < -0.39 is 10.8 Å². The maximum absolute atomic E-state index is 11.0. The Morgan fingerprint density at radius 2 is 2.31 bits per heavy atom. The van der Waals surface area contributed by atoms with Crippen molar-refractivity contribution in [1.29, 1.82) is 0 Å². The Kier molecular flexibility index (Phi) is 2.43. The number of carbonyl (C=O) groups excluding carboxylic acids is 1. The predicted molar refractivity (Wildman–Crippen MR) is 53.1 cm³/mol. The highest BCUT2D eigenvalue weighted by molar-refractivity contribution is 5.95. The summed E-state index contributed by atoms with van der Waals surface area (Å²) in [4.78, 5) is 24.4. The molecule has 0 spiro atoms. The largest absolute Gasteiger partial charge is 0.489 e. The molecule has 2 rings (SSSR count). The lowest BCUT2D eigenvalue weighted by Crippen LogP contribution is -2.14. The van der Waals surface area contributed by atoms with Crippen LogP contribution in [0.25, 0.3) is 0 Å². The van der Waals surface area contributed by atoms with Crippen molar-refractivity contribution < 1.29 is 14.5 Å². The van der Waals surface area contributed by atoms with Crippen molar-refractivity contribution >= 4 is 11.7 Å². The molecular weight excluding hydrogens is 214 g/mol. The Labute approximate surface area is 90.4 Å². The quantitative estimate of drug-likeness (QED) is 0.594. The molecule has 84 valence electrons. The van der Waals surface area contributed by atoms with E-state index in [-0.39, 0.29) is 23.2 Å². The summed E-state index contributed by atoms with van der Waals surface area (Å²) in [7, 11) is 0. The van der Waals surface area contributed by atoms with Crippen LogP contribution in [0.1, 0.15) is 23.2 Å². The van der Waals surface area contributed by atoms with E-state index in [4.69, 9.17) is 10.5 Å². The first-order valence-corrected chi connectivity index (χ1v) is 4.69. The van der Waals surface area contributed by atoms with Crippen LogP contribution in [0.5, 0.6) is 5.75 Å². The molecule has 1 aromatic heterocycles. The lowest BCUT2D eigenvalue weighted by molar-refractivity contribution is -0.389. The average molecular weight is 223 g/mol. The maximum atomic E-state index is 11.0. The van der Waals surface area contributed by atoms with Gasteiger partial charge in [-0.05, 0) is 22.7 Å². The molecule has 16 heavy (non-hydrogen) atoms. The van der Waals surface area contributed by atoms with Crippen LogP contribution in [-0.2, 0) is 0 Å². The van der Waals surface area contributed by atoms with E-state index in [1.807, 2.05) is 0 Å². The van der Waals surface area contributed by atoms with E-state index >= 15 is 0 Å². The minimum absolute atomic E-state index is 0.0279. The number of nitrogens with two attached hydrogens (primary N) is 1. The molecule has 1 aliphatic rings. The first-order valence-electron chi connectivity index (χ1n) is 4.69. The van der Waals surface area contributed by atoms with Crippen molar-refractivity contribution in [3.05, 3.63) is 27.9 Å². The van der Waals surface area contributed by atoms with Gasteiger partial charge in [-0.25, -0.2) is 0 Å². The van der Waals surface area contributed by atoms with Gasteiger partial charge in [0, 0.05) is 0 Å². The zero-order chi connectivity index (χ0) is 11.7. The fourth-order valence-electron chi connectivity index (χ4n) is 1.17. The number of ether oxygens (including phenoxy) is 1. The second-order valence-corrected chi connectivity index (χ2v) is 3.48. The van der Waals surface area contributed by atoms with Crippen LogP contribution in [0.2, 0.25) is 0 Å². The standard InChI is InChI=1S/C9H9N3O4/c10-9(13)6-4-11-8(12(14)15)3-7(6)16-5-1-2-5/h3-5H,1-2H2,(H2,10,13). The molecule has 1 aliphatic carbocycles. The summed E-state index contributed by atoms with van der Waals surface area (Å²) >= 11 is 0. The normalized spacial score (nSPS) is 14.5. The summed E-state index contributed by atoms with van der Waals surface area (Å²) in [6.45, 7) is 0. The van der Waals surface area contributed by atoms with E-state index in [1.54, 1.807) is 0 Å². The van der Waals surface area contributed by atoms with Gasteiger partial charge in [-0.15, -0.1) is 0 Å². The number of primary amides is 1. The summed E-state index contributed by atoms with van der Waals surface area (Å²) < 4.78 is 5.36. The Bertz CT molecular complexity index is 456. The number of hydrogen-bond acceptors (Lipinski definition) is 5. The average Bonchev–Trinajstić information content (AvgIpc) is 3.01. The van der Waals surface area contributed by atoms with Gasteiger partial charge in [0.2, 0.25) is 0 Å². The van der Waals surface area contributed by atoms with Crippen molar-refractivity contribution in [3.8, 4) is 5.75 Å². The fraction of sp³-hybridized carbons (Fsp3) is 0.333. The van der Waals surface area contributed by atoms with E-state index in [0.29, 0.717) is 0 Å². The van der Waals surface area contributed by atoms with Crippen LogP contribution in [0, 0.1) is 10.1 Å². The van der Waals surface area contributed by atoms with Crippen LogP contribution >= 0.6 is 0 Å². The molecule has 0 saturated heterocycles. The number of carbonyl (C=O) groups is 1. The molecular formula is C9H9N3O4. The Balaban J connectivity index is 2.37. The fourth-order valence-corrected chi connectivity index (χ4v) is 1.17. The van der Waals surface area contributed by atoms with E-state index in [0.717, 1.165) is 25.1 Å². The van der Waals surface area contributed by atoms with Crippen LogP contribution in [-0.4, -0.2) is 21.9 Å². The first-order chi connectivity index (χ1) is 7.58. The van der Waals surface area contributed by atoms with Crippen molar-refractivity contribution in [2.75, 3.05) is 0 Å². The molecule has 1 fully saturated rings. The van der Waals surface area contributed by atoms with Crippen LogP contribution in [0.3, 0.4) is 0 Å². The Morgan fingerprint density at radius 3 is 2.81 bits per heavy atom. The molecule has 7 heteroatoms. The third-order valence-corrected chi connectivity index (χ3v) is 2.12. The molecule has 1 saturated carbocycles. The highest BCUT2D eigenvalue weighted by atomic mass is 16.6. The number of rotatable bonds is 4. The molecule has 7 nitrogen and oxygen atoms in total. The van der Waals surface area contributed by atoms with Crippen LogP contribution < -0.4 is 10.5 Å². The number of nitrogens with zero attached hydrogens (tertiary/aromatic N) is 2. The maximum Gasteiger partial charge on any atom is 0.367 e. The number of amides is 1. The van der Waals surface area contributed by atoms with Crippen molar-refractivity contribution in [2.45, 2.75) is 18.9 Å². The second-order valence-electron chi connectivity index (χ2n) is 3.48. The Hall–Kier alpha value is -2.18. The summed E-state index contributed by atoms with van der Waals surface area (Å²) in [5.74, 6) is -0.935. The molecule has 0 atom stereocenters. The molecule has 1 aromatic rings. The summed E-state index contributed by atoms with van der Waals surface area (Å²) in [5.41, 5.74) is 5.18. The monoisotopic (exact) mass is 223 g/mol. The second kappa shape index (κ2) is 3.76. The molecule has 0 bridgehead atoms. The highest BCUT2D eigenvalue weighted by Crippen LogP contribution is 2.30. The third kappa shape index (κ3) is 2.08. The van der Waals surface area contributed by atoms with Crippen molar-refractivity contribution in [3.63, 3.8) is 0 Å². The van der Waals surface area contributed by atoms with Gasteiger partial charge in [0.25, 0.3) is 5.91 Å². The number of aromatic nitrogens is 1. The van der Waals surface area contributed by atoms with E-state index in [2.05, 4.69) is 4.98 Å². The van der Waals surface area contributed by atoms with Gasteiger partial charge in [0.15, 0.2) is 6.20 Å². The number of pyridine rings is 1. The molecule has 0 aromatic carbocycles. The van der Waals surface area contributed by atoms with Gasteiger partial charge >= 0.3 is 5.82 Å². The first kappa shape index (κ1) is 10.3. The lowest BCUT2D eigenvalue weighted by atomic mass is 10.2. The molecule has 1 heterocycles. The smallest absolute Gasteiger partial charge is 0.367 e. The molecule has 0 unspecified atom stereocenters. The van der Waals surface area contributed by atoms with Crippen molar-refractivity contribution in [2.24, 2.45) is 5.73 Å². The molecule has 1 amide bonds. The summed E-state index contributed by atoms with van der Waals surface area (Å²) in [5, 5.41) is 10.5.